The fourth-order valence-electron chi connectivity index (χ4n) is 5.42. The van der Waals surface area contributed by atoms with E-state index in [2.05, 4.69) is 88.6 Å². The highest BCUT2D eigenvalue weighted by Crippen LogP contribution is 2.44. The van der Waals surface area contributed by atoms with E-state index >= 15 is 0 Å². The summed E-state index contributed by atoms with van der Waals surface area (Å²) in [6.07, 6.45) is 3.92. The van der Waals surface area contributed by atoms with Crippen molar-refractivity contribution in [2.75, 3.05) is 0 Å². The zero-order chi connectivity index (χ0) is 19.3. The molecule has 7 aromatic rings. The van der Waals surface area contributed by atoms with E-state index < -0.39 is 0 Å². The quantitative estimate of drug-likeness (QED) is 0.191. The van der Waals surface area contributed by atoms with Crippen LogP contribution in [0.5, 0.6) is 0 Å². The number of fused-ring (bicyclic) bond motifs is 8. The van der Waals surface area contributed by atoms with Crippen molar-refractivity contribution in [3.05, 3.63) is 78.8 Å². The standard InChI is InChI=1S/C26H18N3/c1-15-16-7-3-4-8-17(16)19-11-12-20-18-9-5-6-10-21(18)29-22-13-27-14-28(2)26(22)23(15)24(19)25(20)29/h3-14H,1-2H3/q+1. The Morgan fingerprint density at radius 3 is 2.31 bits per heavy atom. The first-order valence-electron chi connectivity index (χ1n) is 9.97. The van der Waals surface area contributed by atoms with Crippen LogP contribution in [0.3, 0.4) is 0 Å². The zero-order valence-corrected chi connectivity index (χ0v) is 16.3. The van der Waals surface area contributed by atoms with Crippen LogP contribution >= 0.6 is 0 Å². The lowest BCUT2D eigenvalue weighted by Gasteiger charge is -2.16. The second-order valence-corrected chi connectivity index (χ2v) is 8.02. The first-order valence-corrected chi connectivity index (χ1v) is 9.97. The summed E-state index contributed by atoms with van der Waals surface area (Å²) >= 11 is 0. The lowest BCUT2D eigenvalue weighted by molar-refractivity contribution is -0.647. The minimum absolute atomic E-state index is 1.15. The van der Waals surface area contributed by atoms with Crippen molar-refractivity contribution >= 4 is 59.8 Å². The van der Waals surface area contributed by atoms with Gasteiger partial charge >= 0.3 is 0 Å². The van der Waals surface area contributed by atoms with Crippen LogP contribution in [0.4, 0.5) is 0 Å². The van der Waals surface area contributed by atoms with Gasteiger partial charge in [0.15, 0.2) is 11.7 Å². The lowest BCUT2D eigenvalue weighted by atomic mass is 9.91. The first kappa shape index (κ1) is 15.2. The number of aryl methyl sites for hydroxylation is 2. The van der Waals surface area contributed by atoms with Gasteiger partial charge < -0.3 is 4.40 Å². The normalized spacial score (nSPS) is 12.5. The van der Waals surface area contributed by atoms with Crippen LogP contribution in [0.15, 0.2) is 73.2 Å². The third kappa shape index (κ3) is 1.66. The first-order chi connectivity index (χ1) is 14.3. The Bertz CT molecular complexity index is 1770. The minimum atomic E-state index is 1.15. The SMILES string of the molecule is Cc1c2ccccc2c2ccc3c4ccccc4n4c5cnc[n+](C)c5c1c2c34. The zero-order valence-electron chi connectivity index (χ0n) is 16.3. The molecule has 3 heterocycles. The number of nitrogens with zero attached hydrogens (tertiary/aromatic N) is 3. The maximum absolute atomic E-state index is 4.54. The van der Waals surface area contributed by atoms with Crippen molar-refractivity contribution in [3.8, 4) is 0 Å². The number of pyridine rings is 1. The average molecular weight is 372 g/mol. The Morgan fingerprint density at radius 2 is 1.45 bits per heavy atom. The molecule has 3 aromatic heterocycles. The van der Waals surface area contributed by atoms with Crippen LogP contribution in [-0.4, -0.2) is 9.38 Å². The molecular formula is C26H18N3+. The molecule has 0 saturated heterocycles. The summed E-state index contributed by atoms with van der Waals surface area (Å²) in [6, 6.07) is 22.1. The topological polar surface area (TPSA) is 21.2 Å². The Hall–Kier alpha value is -3.72. The molecule has 0 N–H and O–H groups in total. The number of benzene rings is 4. The van der Waals surface area contributed by atoms with Crippen LogP contribution in [0, 0.1) is 6.92 Å². The Labute approximate surface area is 166 Å². The molecule has 29 heavy (non-hydrogen) atoms. The summed E-state index contributed by atoms with van der Waals surface area (Å²) < 4.78 is 4.58. The molecule has 136 valence electrons. The van der Waals surface area contributed by atoms with E-state index in [4.69, 9.17) is 0 Å². The predicted molar refractivity (Wildman–Crippen MR) is 120 cm³/mol. The summed E-state index contributed by atoms with van der Waals surface area (Å²) in [5, 5.41) is 9.25. The predicted octanol–water partition coefficient (Wildman–Crippen LogP) is 5.67. The number of rotatable bonds is 0. The van der Waals surface area contributed by atoms with Crippen LogP contribution in [0.25, 0.3) is 59.8 Å². The molecule has 0 aliphatic carbocycles. The number of hydrogen-bond donors (Lipinski definition) is 0. The summed E-state index contributed by atoms with van der Waals surface area (Å²) in [4.78, 5) is 4.54. The van der Waals surface area contributed by atoms with Gasteiger partial charge in [-0.15, -0.1) is 0 Å². The van der Waals surface area contributed by atoms with Gasteiger partial charge in [-0.25, -0.2) is 4.57 Å². The molecule has 3 heteroatoms. The summed E-state index contributed by atoms with van der Waals surface area (Å²) in [6.45, 7) is 2.26. The van der Waals surface area contributed by atoms with Crippen LogP contribution in [-0.2, 0) is 7.05 Å². The smallest absolute Gasteiger partial charge is 0.286 e. The molecule has 0 atom stereocenters. The Morgan fingerprint density at radius 1 is 0.724 bits per heavy atom. The molecule has 0 radical (unpaired) electrons. The third-order valence-corrected chi connectivity index (χ3v) is 6.59. The van der Waals surface area contributed by atoms with E-state index in [1.807, 2.05) is 12.5 Å². The van der Waals surface area contributed by atoms with E-state index in [1.54, 1.807) is 0 Å². The second-order valence-electron chi connectivity index (χ2n) is 8.02. The number of aromatic nitrogens is 3. The Kier molecular flexibility index (Phi) is 2.63. The van der Waals surface area contributed by atoms with Gasteiger partial charge in [-0.1, -0.05) is 59.6 Å². The van der Waals surface area contributed by atoms with Gasteiger partial charge in [0.25, 0.3) is 6.33 Å². The van der Waals surface area contributed by atoms with E-state index in [1.165, 1.54) is 59.8 Å². The highest BCUT2D eigenvalue weighted by atomic mass is 15.0. The van der Waals surface area contributed by atoms with Gasteiger partial charge in [-0.2, -0.15) is 0 Å². The summed E-state index contributed by atoms with van der Waals surface area (Å²) in [5.74, 6) is 0. The van der Waals surface area contributed by atoms with Crippen molar-refractivity contribution in [2.45, 2.75) is 6.92 Å². The lowest BCUT2D eigenvalue weighted by Crippen LogP contribution is -2.30. The van der Waals surface area contributed by atoms with Gasteiger partial charge in [-0.3, -0.25) is 0 Å². The van der Waals surface area contributed by atoms with Gasteiger partial charge in [0, 0.05) is 21.5 Å². The molecule has 0 amide bonds. The fourth-order valence-corrected chi connectivity index (χ4v) is 5.42. The van der Waals surface area contributed by atoms with E-state index in [-0.39, 0.29) is 0 Å². The van der Waals surface area contributed by atoms with Gasteiger partial charge in [0.2, 0.25) is 0 Å². The van der Waals surface area contributed by atoms with Crippen molar-refractivity contribution < 1.29 is 4.57 Å². The molecule has 0 bridgehead atoms. The molecule has 0 aliphatic rings. The van der Waals surface area contributed by atoms with E-state index in [0.29, 0.717) is 0 Å². The van der Waals surface area contributed by atoms with E-state index in [9.17, 15) is 0 Å². The maximum Gasteiger partial charge on any atom is 0.286 e. The molecule has 0 spiro atoms. The van der Waals surface area contributed by atoms with Crippen molar-refractivity contribution in [1.82, 2.24) is 9.38 Å². The highest BCUT2D eigenvalue weighted by Gasteiger charge is 2.24. The molecule has 7 rings (SSSR count). The summed E-state index contributed by atoms with van der Waals surface area (Å²) in [7, 11) is 2.10. The van der Waals surface area contributed by atoms with Crippen LogP contribution < -0.4 is 4.57 Å². The second kappa shape index (κ2) is 5.00. The molecule has 0 unspecified atom stereocenters. The van der Waals surface area contributed by atoms with Crippen molar-refractivity contribution in [2.24, 2.45) is 7.05 Å². The third-order valence-electron chi connectivity index (χ3n) is 6.59. The molecule has 0 fully saturated rings. The molecule has 3 nitrogen and oxygen atoms in total. The van der Waals surface area contributed by atoms with Gasteiger partial charge in [0.05, 0.1) is 18.1 Å². The molecule has 0 aliphatic heterocycles. The van der Waals surface area contributed by atoms with Gasteiger partial charge in [-0.05, 0) is 34.7 Å². The van der Waals surface area contributed by atoms with Crippen molar-refractivity contribution in [1.29, 1.82) is 0 Å². The number of hydrogen-bond acceptors (Lipinski definition) is 1. The minimum Gasteiger partial charge on any atom is -0.302 e. The fraction of sp³-hybridized carbons (Fsp3) is 0.0769. The highest BCUT2D eigenvalue weighted by molar-refractivity contribution is 6.33. The number of para-hydroxylation sites is 1. The van der Waals surface area contributed by atoms with Crippen molar-refractivity contribution in [3.63, 3.8) is 0 Å². The molecular weight excluding hydrogens is 354 g/mol. The van der Waals surface area contributed by atoms with E-state index in [0.717, 1.165) is 5.52 Å². The van der Waals surface area contributed by atoms with Crippen LogP contribution in [0.1, 0.15) is 5.56 Å². The summed E-state index contributed by atoms with van der Waals surface area (Å²) in [5.41, 5.74) is 6.25. The monoisotopic (exact) mass is 372 g/mol. The van der Waals surface area contributed by atoms with Crippen LogP contribution in [0.2, 0.25) is 0 Å². The largest absolute Gasteiger partial charge is 0.302 e. The Balaban J connectivity index is 2.02. The maximum atomic E-state index is 4.54. The molecule has 4 aromatic carbocycles. The van der Waals surface area contributed by atoms with Gasteiger partial charge in [0.1, 0.15) is 5.52 Å². The average Bonchev–Trinajstić information content (AvgIpc) is 3.10. The molecule has 0 saturated carbocycles.